The number of rotatable bonds is 8. The first-order valence-corrected chi connectivity index (χ1v) is 12.0. The topological polar surface area (TPSA) is 62.0 Å². The van der Waals surface area contributed by atoms with E-state index < -0.39 is 6.10 Å². The third-order valence-electron chi connectivity index (χ3n) is 5.90. The molecule has 1 saturated heterocycles. The Morgan fingerprint density at radius 3 is 1.92 bits per heavy atom. The van der Waals surface area contributed by atoms with Crippen LogP contribution in [0.4, 0.5) is 15.8 Å². The lowest BCUT2D eigenvalue weighted by molar-refractivity contribution is 0.0664. The Hall–Kier alpha value is -1.64. The first-order valence-electron chi connectivity index (χ1n) is 11.2. The third kappa shape index (κ3) is 9.56. The number of benzene rings is 3. The normalized spacial score (nSPS) is 14.1. The van der Waals surface area contributed by atoms with Crippen LogP contribution in [0.5, 0.6) is 5.75 Å². The Morgan fingerprint density at radius 1 is 0.865 bits per heavy atom. The van der Waals surface area contributed by atoms with E-state index in [1.54, 1.807) is 12.1 Å². The van der Waals surface area contributed by atoms with Gasteiger partial charge >= 0.3 is 0 Å². The van der Waals surface area contributed by atoms with Crippen molar-refractivity contribution in [3.63, 3.8) is 0 Å². The zero-order valence-electron chi connectivity index (χ0n) is 20.0. The Balaban J connectivity index is 0.00000228. The van der Waals surface area contributed by atoms with Crippen LogP contribution < -0.4 is 15.4 Å². The molecular formula is C26H31Cl5FN3O2. The lowest BCUT2D eigenvalue weighted by atomic mass is 10.0. The van der Waals surface area contributed by atoms with Crippen LogP contribution in [0.15, 0.2) is 60.7 Å². The van der Waals surface area contributed by atoms with Gasteiger partial charge in [-0.25, -0.2) is 4.39 Å². The summed E-state index contributed by atoms with van der Waals surface area (Å²) in [4.78, 5) is 4.56. The second-order valence-corrected chi connectivity index (χ2v) is 9.35. The molecule has 37 heavy (non-hydrogen) atoms. The quantitative estimate of drug-likeness (QED) is 0.299. The van der Waals surface area contributed by atoms with E-state index >= 15 is 0 Å². The predicted molar refractivity (Wildman–Crippen MR) is 158 cm³/mol. The highest BCUT2D eigenvalue weighted by atomic mass is 35.5. The number of piperazine rings is 1. The SMILES string of the molecule is Cl.Cl.Cl.Nc1cc(Cl)c(OCC(O)CN2CCN(c3ccc(Cc4ccc(F)cc4)cc3)CC2)c(Cl)c1. The van der Waals surface area contributed by atoms with Crippen molar-refractivity contribution in [2.75, 3.05) is 50.0 Å². The highest BCUT2D eigenvalue weighted by Crippen LogP contribution is 2.35. The van der Waals surface area contributed by atoms with E-state index in [-0.39, 0.29) is 49.6 Å². The summed E-state index contributed by atoms with van der Waals surface area (Å²) in [5.41, 5.74) is 9.63. The Morgan fingerprint density at radius 2 is 1.38 bits per heavy atom. The number of aliphatic hydroxyl groups excluding tert-OH is 1. The van der Waals surface area contributed by atoms with Gasteiger partial charge in [0.05, 0.1) is 10.0 Å². The minimum Gasteiger partial charge on any atom is -0.488 e. The monoisotopic (exact) mass is 611 g/mol. The van der Waals surface area contributed by atoms with Gasteiger partial charge in [-0.3, -0.25) is 4.90 Å². The van der Waals surface area contributed by atoms with Gasteiger partial charge in [0.2, 0.25) is 0 Å². The molecule has 0 amide bonds. The minimum absolute atomic E-state index is 0. The molecule has 0 bridgehead atoms. The number of nitrogens with zero attached hydrogens (tertiary/aromatic N) is 2. The zero-order chi connectivity index (χ0) is 24.1. The van der Waals surface area contributed by atoms with Crippen molar-refractivity contribution < 1.29 is 14.2 Å². The van der Waals surface area contributed by atoms with Crippen molar-refractivity contribution in [3.8, 4) is 5.75 Å². The Kier molecular flexibility index (Phi) is 14.2. The van der Waals surface area contributed by atoms with E-state index in [0.29, 0.717) is 28.0 Å². The average molecular weight is 614 g/mol. The number of nitrogens with two attached hydrogens (primary N) is 1. The molecule has 1 aliphatic heterocycles. The van der Waals surface area contributed by atoms with E-state index in [1.807, 2.05) is 12.1 Å². The van der Waals surface area contributed by atoms with Crippen LogP contribution in [0.25, 0.3) is 0 Å². The van der Waals surface area contributed by atoms with Gasteiger partial charge in [-0.1, -0.05) is 47.5 Å². The standard InChI is InChI=1S/C26H28Cl2FN3O2.3ClH/c27-24-14-21(30)15-25(28)26(24)34-17-23(33)16-31-9-11-32(12-10-31)22-7-3-19(4-8-22)13-18-1-5-20(29)6-2-18;;;/h1-8,14-15,23,33H,9-13,16-17,30H2;3*1H. The van der Waals surface area contributed by atoms with Crippen LogP contribution in [-0.2, 0) is 6.42 Å². The lowest BCUT2D eigenvalue weighted by Gasteiger charge is -2.37. The summed E-state index contributed by atoms with van der Waals surface area (Å²) in [6, 6.07) is 18.3. The molecule has 11 heteroatoms. The maximum Gasteiger partial charge on any atom is 0.156 e. The van der Waals surface area contributed by atoms with Crippen molar-refractivity contribution in [1.82, 2.24) is 4.90 Å². The van der Waals surface area contributed by atoms with Crippen molar-refractivity contribution in [1.29, 1.82) is 0 Å². The van der Waals surface area contributed by atoms with Crippen LogP contribution in [0, 0.1) is 5.82 Å². The highest BCUT2D eigenvalue weighted by molar-refractivity contribution is 6.37. The van der Waals surface area contributed by atoms with Crippen LogP contribution in [0.3, 0.4) is 0 Å². The Labute approximate surface area is 245 Å². The predicted octanol–water partition coefficient (Wildman–Crippen LogP) is 6.13. The molecule has 3 N–H and O–H groups in total. The first-order chi connectivity index (χ1) is 16.4. The summed E-state index contributed by atoms with van der Waals surface area (Å²) in [7, 11) is 0. The molecule has 0 aliphatic carbocycles. The van der Waals surface area contributed by atoms with E-state index in [9.17, 15) is 9.50 Å². The molecule has 1 fully saturated rings. The maximum absolute atomic E-state index is 13.1. The summed E-state index contributed by atoms with van der Waals surface area (Å²) in [6.45, 7) is 4.05. The second-order valence-electron chi connectivity index (χ2n) is 8.54. The van der Waals surface area contributed by atoms with Crippen LogP contribution in [0.2, 0.25) is 10.0 Å². The number of hydrogen-bond acceptors (Lipinski definition) is 5. The zero-order valence-corrected chi connectivity index (χ0v) is 23.9. The molecule has 1 unspecified atom stereocenters. The summed E-state index contributed by atoms with van der Waals surface area (Å²) in [5, 5.41) is 11.1. The average Bonchev–Trinajstić information content (AvgIpc) is 2.81. The maximum atomic E-state index is 13.1. The first kappa shape index (κ1) is 33.4. The molecule has 0 aromatic heterocycles. The summed E-state index contributed by atoms with van der Waals surface area (Å²) < 4.78 is 18.7. The van der Waals surface area contributed by atoms with E-state index in [0.717, 1.165) is 38.2 Å². The van der Waals surface area contributed by atoms with Crippen molar-refractivity contribution in [2.24, 2.45) is 0 Å². The molecule has 0 radical (unpaired) electrons. The van der Waals surface area contributed by atoms with Crippen LogP contribution >= 0.6 is 60.4 Å². The van der Waals surface area contributed by atoms with Gasteiger partial charge in [-0.15, -0.1) is 37.2 Å². The molecule has 204 valence electrons. The molecule has 4 rings (SSSR count). The molecule has 3 aromatic carbocycles. The minimum atomic E-state index is -0.665. The van der Waals surface area contributed by atoms with Gasteiger partial charge in [-0.2, -0.15) is 0 Å². The molecule has 0 saturated carbocycles. The molecule has 0 spiro atoms. The largest absolute Gasteiger partial charge is 0.488 e. The summed E-state index contributed by atoms with van der Waals surface area (Å²) >= 11 is 12.3. The highest BCUT2D eigenvalue weighted by Gasteiger charge is 2.20. The fourth-order valence-electron chi connectivity index (χ4n) is 4.10. The van der Waals surface area contributed by atoms with Crippen molar-refractivity contribution in [2.45, 2.75) is 12.5 Å². The molecule has 1 heterocycles. The molecule has 1 atom stereocenters. The number of nitrogen functional groups attached to an aromatic ring is 1. The van der Waals surface area contributed by atoms with E-state index in [2.05, 4.69) is 34.1 Å². The molecule has 1 aliphatic rings. The van der Waals surface area contributed by atoms with Gasteiger partial charge in [-0.05, 0) is 53.9 Å². The van der Waals surface area contributed by atoms with Crippen molar-refractivity contribution in [3.05, 3.63) is 87.7 Å². The fourth-order valence-corrected chi connectivity index (χ4v) is 4.71. The van der Waals surface area contributed by atoms with Crippen LogP contribution in [-0.4, -0.2) is 55.4 Å². The smallest absolute Gasteiger partial charge is 0.156 e. The van der Waals surface area contributed by atoms with Gasteiger partial charge in [0, 0.05) is 44.1 Å². The molecule has 5 nitrogen and oxygen atoms in total. The second kappa shape index (κ2) is 15.7. The van der Waals surface area contributed by atoms with Crippen molar-refractivity contribution >= 4 is 71.8 Å². The van der Waals surface area contributed by atoms with Gasteiger partial charge in [0.25, 0.3) is 0 Å². The van der Waals surface area contributed by atoms with Gasteiger partial charge in [0.1, 0.15) is 18.5 Å². The number of hydrogen-bond donors (Lipinski definition) is 2. The number of halogens is 6. The lowest BCUT2D eigenvalue weighted by Crippen LogP contribution is -2.49. The number of ether oxygens (including phenoxy) is 1. The number of β-amino-alcohol motifs (C(OH)–C–C–N with tert-alkyl or cyclic N) is 1. The van der Waals surface area contributed by atoms with E-state index in [1.165, 1.54) is 23.4 Å². The number of anilines is 2. The summed E-state index contributed by atoms with van der Waals surface area (Å²) in [5.74, 6) is 0.123. The van der Waals surface area contributed by atoms with Crippen LogP contribution in [0.1, 0.15) is 11.1 Å². The molecular weight excluding hydrogens is 583 g/mol. The third-order valence-corrected chi connectivity index (χ3v) is 6.47. The molecule has 3 aromatic rings. The Bertz CT molecular complexity index is 1080. The summed E-state index contributed by atoms with van der Waals surface area (Å²) in [6.07, 6.45) is 0.114. The van der Waals surface area contributed by atoms with Gasteiger partial charge in [0.15, 0.2) is 5.75 Å². The fraction of sp³-hybridized carbons (Fsp3) is 0.308. The number of aliphatic hydroxyl groups is 1. The van der Waals surface area contributed by atoms with E-state index in [4.69, 9.17) is 33.7 Å². The van der Waals surface area contributed by atoms with Gasteiger partial charge < -0.3 is 20.5 Å².